The quantitative estimate of drug-likeness (QED) is 0.900. The van der Waals surface area contributed by atoms with Crippen molar-refractivity contribution in [1.82, 2.24) is 9.97 Å². The first-order valence-corrected chi connectivity index (χ1v) is 6.27. The first kappa shape index (κ1) is 13.5. The molecule has 0 saturated heterocycles. The summed E-state index contributed by atoms with van der Waals surface area (Å²) in [5, 5.41) is 0. The van der Waals surface area contributed by atoms with Crippen LogP contribution in [0.4, 0.5) is 4.39 Å². The Morgan fingerprint density at radius 1 is 1.26 bits per heavy atom. The van der Waals surface area contributed by atoms with E-state index in [2.05, 4.69) is 9.97 Å². The molecule has 0 radical (unpaired) electrons. The first-order valence-electron chi connectivity index (χ1n) is 6.27. The van der Waals surface area contributed by atoms with Gasteiger partial charge in [0.25, 0.3) is 5.56 Å². The van der Waals surface area contributed by atoms with E-state index in [-0.39, 0.29) is 17.3 Å². The molecule has 0 bridgehead atoms. The van der Waals surface area contributed by atoms with E-state index in [0.717, 1.165) is 16.8 Å². The molecule has 3 nitrogen and oxygen atoms in total. The van der Waals surface area contributed by atoms with E-state index in [1.165, 1.54) is 12.1 Å². The number of benzene rings is 1. The zero-order valence-corrected chi connectivity index (χ0v) is 11.5. The maximum atomic E-state index is 13.1. The smallest absolute Gasteiger partial charge is 0.254 e. The lowest BCUT2D eigenvalue weighted by Crippen LogP contribution is -2.18. The van der Waals surface area contributed by atoms with E-state index in [0.29, 0.717) is 11.4 Å². The van der Waals surface area contributed by atoms with Gasteiger partial charge in [-0.25, -0.2) is 9.37 Å². The van der Waals surface area contributed by atoms with Crippen molar-refractivity contribution in [3.05, 3.63) is 51.2 Å². The Morgan fingerprint density at radius 2 is 1.95 bits per heavy atom. The molecule has 4 heteroatoms. The van der Waals surface area contributed by atoms with Gasteiger partial charge in [-0.3, -0.25) is 4.79 Å². The van der Waals surface area contributed by atoms with E-state index in [4.69, 9.17) is 0 Å². The van der Waals surface area contributed by atoms with Crippen LogP contribution in [0.5, 0.6) is 0 Å². The maximum Gasteiger partial charge on any atom is 0.254 e. The number of nitrogens with one attached hydrogen (secondary N) is 1. The maximum absolute atomic E-state index is 13.1. The van der Waals surface area contributed by atoms with Crippen molar-refractivity contribution in [3.63, 3.8) is 0 Å². The van der Waals surface area contributed by atoms with E-state index in [1.807, 2.05) is 20.8 Å². The lowest BCUT2D eigenvalue weighted by Gasteiger charge is -2.11. The summed E-state index contributed by atoms with van der Waals surface area (Å²) in [6.45, 7) is 7.54. The van der Waals surface area contributed by atoms with Gasteiger partial charge >= 0.3 is 0 Å². The van der Waals surface area contributed by atoms with Gasteiger partial charge < -0.3 is 4.98 Å². The Labute approximate surface area is 111 Å². The molecule has 1 N–H and O–H groups in total. The van der Waals surface area contributed by atoms with Gasteiger partial charge in [-0.1, -0.05) is 13.8 Å². The predicted molar refractivity (Wildman–Crippen MR) is 73.8 cm³/mol. The molecule has 0 unspecified atom stereocenters. The third-order valence-electron chi connectivity index (χ3n) is 3.17. The molecule has 0 aliphatic carbocycles. The third kappa shape index (κ3) is 2.57. The highest BCUT2D eigenvalue weighted by Gasteiger charge is 2.13. The van der Waals surface area contributed by atoms with Gasteiger partial charge in [0, 0.05) is 16.8 Å². The molecule has 0 aliphatic heterocycles. The lowest BCUT2D eigenvalue weighted by molar-refractivity contribution is 0.627. The third-order valence-corrected chi connectivity index (χ3v) is 3.17. The van der Waals surface area contributed by atoms with Crippen LogP contribution in [0.2, 0.25) is 0 Å². The van der Waals surface area contributed by atoms with Gasteiger partial charge in [-0.05, 0) is 43.5 Å². The van der Waals surface area contributed by atoms with Crippen molar-refractivity contribution in [2.75, 3.05) is 0 Å². The number of aromatic nitrogens is 2. The standard InChI is InChI=1S/C15H17FN2O/c1-8(2)13-10(4)17-14(18-15(13)19)12-6-5-11(16)7-9(12)3/h5-8H,1-4H3,(H,17,18,19). The molecular weight excluding hydrogens is 243 g/mol. The molecule has 0 saturated carbocycles. The summed E-state index contributed by atoms with van der Waals surface area (Å²) in [5.41, 5.74) is 2.79. The fourth-order valence-electron chi connectivity index (χ4n) is 2.30. The zero-order chi connectivity index (χ0) is 14.2. The SMILES string of the molecule is Cc1cc(F)ccc1-c1nc(C)c(C(C)C)c(=O)[nH]1. The molecule has 0 amide bonds. The van der Waals surface area contributed by atoms with Crippen molar-refractivity contribution in [2.45, 2.75) is 33.6 Å². The molecule has 0 fully saturated rings. The van der Waals surface area contributed by atoms with Crippen LogP contribution >= 0.6 is 0 Å². The van der Waals surface area contributed by atoms with E-state index >= 15 is 0 Å². The van der Waals surface area contributed by atoms with Crippen LogP contribution in [0, 0.1) is 19.7 Å². The second-order valence-corrected chi connectivity index (χ2v) is 5.03. The zero-order valence-electron chi connectivity index (χ0n) is 11.5. The monoisotopic (exact) mass is 260 g/mol. The van der Waals surface area contributed by atoms with Crippen LogP contribution in [0.1, 0.15) is 36.6 Å². The summed E-state index contributed by atoms with van der Waals surface area (Å²) < 4.78 is 13.1. The molecule has 100 valence electrons. The average Bonchev–Trinajstić information content (AvgIpc) is 2.26. The molecule has 1 aromatic carbocycles. The van der Waals surface area contributed by atoms with Crippen LogP contribution in [0.15, 0.2) is 23.0 Å². The van der Waals surface area contributed by atoms with Gasteiger partial charge in [-0.15, -0.1) is 0 Å². The average molecular weight is 260 g/mol. The molecule has 0 spiro atoms. The Balaban J connectivity index is 2.62. The summed E-state index contributed by atoms with van der Waals surface area (Å²) in [7, 11) is 0. The molecule has 1 aromatic heterocycles. The summed E-state index contributed by atoms with van der Waals surface area (Å²) in [6, 6.07) is 4.44. The molecule has 0 atom stereocenters. The van der Waals surface area contributed by atoms with Gasteiger partial charge in [0.2, 0.25) is 0 Å². The van der Waals surface area contributed by atoms with Crippen molar-refractivity contribution >= 4 is 0 Å². The minimum atomic E-state index is -0.292. The van der Waals surface area contributed by atoms with E-state index in [9.17, 15) is 9.18 Å². The minimum Gasteiger partial charge on any atom is -0.306 e. The number of aromatic amines is 1. The number of rotatable bonds is 2. The van der Waals surface area contributed by atoms with Gasteiger partial charge in [0.05, 0.1) is 0 Å². The highest BCUT2D eigenvalue weighted by Crippen LogP contribution is 2.21. The highest BCUT2D eigenvalue weighted by atomic mass is 19.1. The van der Waals surface area contributed by atoms with Crippen molar-refractivity contribution < 1.29 is 4.39 Å². The van der Waals surface area contributed by atoms with Crippen LogP contribution in [-0.4, -0.2) is 9.97 Å². The van der Waals surface area contributed by atoms with Gasteiger partial charge in [0.15, 0.2) is 0 Å². The molecular formula is C15H17FN2O. The first-order chi connectivity index (χ1) is 8.90. The summed E-state index contributed by atoms with van der Waals surface area (Å²) in [6.07, 6.45) is 0. The minimum absolute atomic E-state index is 0.124. The molecule has 2 rings (SSSR count). The normalized spacial score (nSPS) is 11.1. The number of nitrogens with zero attached hydrogens (tertiary/aromatic N) is 1. The Morgan fingerprint density at radius 3 is 2.47 bits per heavy atom. The number of hydrogen-bond donors (Lipinski definition) is 1. The Hall–Kier alpha value is -1.97. The molecule has 0 aliphatic rings. The van der Waals surface area contributed by atoms with E-state index < -0.39 is 0 Å². The predicted octanol–water partition coefficient (Wildman–Crippen LogP) is 3.32. The van der Waals surface area contributed by atoms with Crippen LogP contribution in [-0.2, 0) is 0 Å². The summed E-state index contributed by atoms with van der Waals surface area (Å²) in [4.78, 5) is 19.3. The van der Waals surface area contributed by atoms with Crippen LogP contribution in [0.25, 0.3) is 11.4 Å². The van der Waals surface area contributed by atoms with Crippen LogP contribution in [0.3, 0.4) is 0 Å². The van der Waals surface area contributed by atoms with Crippen molar-refractivity contribution in [2.24, 2.45) is 0 Å². The number of H-pyrrole nitrogens is 1. The van der Waals surface area contributed by atoms with Crippen LogP contribution < -0.4 is 5.56 Å². The second kappa shape index (κ2) is 4.96. The topological polar surface area (TPSA) is 45.8 Å². The fraction of sp³-hybridized carbons (Fsp3) is 0.333. The molecule has 1 heterocycles. The largest absolute Gasteiger partial charge is 0.306 e. The second-order valence-electron chi connectivity index (χ2n) is 5.03. The number of aryl methyl sites for hydroxylation is 2. The van der Waals surface area contributed by atoms with E-state index in [1.54, 1.807) is 13.0 Å². The lowest BCUT2D eigenvalue weighted by atomic mass is 10.0. The Kier molecular flexibility index (Phi) is 3.51. The van der Waals surface area contributed by atoms with Crippen molar-refractivity contribution in [3.8, 4) is 11.4 Å². The molecule has 2 aromatic rings. The highest BCUT2D eigenvalue weighted by molar-refractivity contribution is 5.60. The molecule has 19 heavy (non-hydrogen) atoms. The number of hydrogen-bond acceptors (Lipinski definition) is 2. The van der Waals surface area contributed by atoms with Gasteiger partial charge in [0.1, 0.15) is 11.6 Å². The van der Waals surface area contributed by atoms with Gasteiger partial charge in [-0.2, -0.15) is 0 Å². The Bertz CT molecular complexity index is 674. The fourth-order valence-corrected chi connectivity index (χ4v) is 2.30. The number of halogens is 1. The summed E-state index contributed by atoms with van der Waals surface area (Å²) >= 11 is 0. The summed E-state index contributed by atoms with van der Waals surface area (Å²) in [5.74, 6) is 0.322. The van der Waals surface area contributed by atoms with Crippen molar-refractivity contribution in [1.29, 1.82) is 0 Å².